The van der Waals surface area contributed by atoms with Crippen molar-refractivity contribution < 1.29 is 9.53 Å². The molecule has 0 bridgehead atoms. The summed E-state index contributed by atoms with van der Waals surface area (Å²) in [6.45, 7) is 12.3. The number of rotatable bonds is 5. The topological polar surface area (TPSA) is 110 Å². The first-order chi connectivity index (χ1) is 13.4. The molecule has 3 N–H and O–H groups in total. The van der Waals surface area contributed by atoms with Crippen LogP contribution in [0.3, 0.4) is 0 Å². The molecule has 8 heteroatoms. The molecule has 0 aliphatic carbocycles. The van der Waals surface area contributed by atoms with Crippen LogP contribution in [0.5, 0.6) is 0 Å². The minimum absolute atomic E-state index is 0.170. The van der Waals surface area contributed by atoms with Crippen LogP contribution < -0.4 is 11.1 Å². The number of hydrogen-bond acceptors (Lipinski definition) is 5. The maximum absolute atomic E-state index is 11.9. The van der Waals surface area contributed by atoms with Gasteiger partial charge in [-0.3, -0.25) is 9.48 Å². The van der Waals surface area contributed by atoms with Gasteiger partial charge >= 0.3 is 0 Å². The zero-order valence-corrected chi connectivity index (χ0v) is 15.8. The molecule has 1 aromatic heterocycles. The Kier molecular flexibility index (Phi) is 5.62. The number of hydrogen-bond donors (Lipinski definition) is 2. The number of amides is 1. The third kappa shape index (κ3) is 3.83. The lowest BCUT2D eigenvalue weighted by atomic mass is 9.97. The van der Waals surface area contributed by atoms with Crippen molar-refractivity contribution in [1.82, 2.24) is 9.78 Å². The smallest absolute Gasteiger partial charge is 0.254 e. The highest BCUT2D eigenvalue weighted by Gasteiger charge is 2.33. The van der Waals surface area contributed by atoms with Gasteiger partial charge in [0.1, 0.15) is 11.6 Å². The molecule has 1 aromatic carbocycles. The molecule has 0 saturated carbocycles. The van der Waals surface area contributed by atoms with E-state index in [0.717, 1.165) is 5.56 Å². The monoisotopic (exact) mass is 378 g/mol. The number of carbonyl (C=O) groups excluding carboxylic acids is 1. The fourth-order valence-electron chi connectivity index (χ4n) is 3.31. The Balaban J connectivity index is 1.95. The zero-order valence-electron chi connectivity index (χ0n) is 15.8. The minimum atomic E-state index is -0.609. The van der Waals surface area contributed by atoms with Gasteiger partial charge in [0, 0.05) is 18.3 Å². The fourth-order valence-corrected chi connectivity index (χ4v) is 3.31. The van der Waals surface area contributed by atoms with Crippen LogP contribution in [0.25, 0.3) is 4.85 Å². The summed E-state index contributed by atoms with van der Waals surface area (Å²) in [5, 5.41) is 16.9. The molecule has 144 valence electrons. The second kappa shape index (κ2) is 8.12. The average Bonchev–Trinajstić information content (AvgIpc) is 3.11. The average molecular weight is 378 g/mol. The van der Waals surface area contributed by atoms with Gasteiger partial charge in [0.15, 0.2) is 5.82 Å². The molecule has 0 radical (unpaired) electrons. The largest absolute Gasteiger partial charge is 0.379 e. The van der Waals surface area contributed by atoms with Gasteiger partial charge in [-0.25, -0.2) is 6.57 Å². The van der Waals surface area contributed by atoms with E-state index in [4.69, 9.17) is 17.0 Å². The van der Waals surface area contributed by atoms with Crippen LogP contribution in [0.1, 0.15) is 53.7 Å². The van der Waals surface area contributed by atoms with E-state index in [0.29, 0.717) is 36.7 Å². The van der Waals surface area contributed by atoms with Crippen LogP contribution in [0.15, 0.2) is 24.4 Å². The Morgan fingerprint density at radius 3 is 2.96 bits per heavy atom. The van der Waals surface area contributed by atoms with Crippen LogP contribution in [-0.4, -0.2) is 34.9 Å². The highest BCUT2D eigenvalue weighted by molar-refractivity contribution is 5.98. The lowest BCUT2D eigenvalue weighted by Crippen LogP contribution is -2.32. The van der Waals surface area contributed by atoms with Crippen LogP contribution in [0, 0.1) is 17.9 Å². The molecular formula is C20H22N6O2. The van der Waals surface area contributed by atoms with Gasteiger partial charge in [0.05, 0.1) is 24.8 Å². The Hall–Kier alpha value is -3.36. The number of nitriles is 1. The Bertz CT molecular complexity index is 966. The summed E-state index contributed by atoms with van der Waals surface area (Å²) in [5.41, 5.74) is 8.00. The molecule has 2 aromatic rings. The van der Waals surface area contributed by atoms with Crippen LogP contribution >= 0.6 is 0 Å². The highest BCUT2D eigenvalue weighted by Crippen LogP contribution is 2.28. The first-order valence-electron chi connectivity index (χ1n) is 9.09. The number of anilines is 2. The number of carbonyl (C=O) groups is 1. The van der Waals surface area contributed by atoms with Crippen molar-refractivity contribution >= 4 is 17.4 Å². The normalized spacial score (nSPS) is 19.0. The van der Waals surface area contributed by atoms with Gasteiger partial charge in [-0.1, -0.05) is 13.8 Å². The fraction of sp³-hybridized carbons (Fsp3) is 0.400. The number of primary amides is 1. The van der Waals surface area contributed by atoms with Gasteiger partial charge in [-0.05, 0) is 29.7 Å². The van der Waals surface area contributed by atoms with E-state index in [-0.39, 0.29) is 23.6 Å². The van der Waals surface area contributed by atoms with Crippen molar-refractivity contribution in [1.29, 1.82) is 5.26 Å². The van der Waals surface area contributed by atoms with Crippen molar-refractivity contribution in [3.8, 4) is 6.07 Å². The van der Waals surface area contributed by atoms with Crippen LogP contribution in [0.2, 0.25) is 0 Å². The molecular weight excluding hydrogens is 356 g/mol. The van der Waals surface area contributed by atoms with Gasteiger partial charge in [-0.2, -0.15) is 10.4 Å². The van der Waals surface area contributed by atoms with E-state index < -0.39 is 5.91 Å². The van der Waals surface area contributed by atoms with Crippen molar-refractivity contribution in [2.24, 2.45) is 5.73 Å². The number of nitrogens with zero attached hydrogens (tertiary/aromatic N) is 4. The molecule has 1 fully saturated rings. The van der Waals surface area contributed by atoms with E-state index in [9.17, 15) is 10.1 Å². The second-order valence-electron chi connectivity index (χ2n) is 7.06. The first-order valence-corrected chi connectivity index (χ1v) is 9.09. The van der Waals surface area contributed by atoms with Crippen molar-refractivity contribution in [2.45, 2.75) is 38.3 Å². The van der Waals surface area contributed by atoms with Crippen molar-refractivity contribution in [3.05, 3.63) is 52.5 Å². The van der Waals surface area contributed by atoms with Crippen LogP contribution in [0.4, 0.5) is 11.5 Å². The van der Waals surface area contributed by atoms with E-state index >= 15 is 0 Å². The molecule has 1 aliphatic rings. The first kappa shape index (κ1) is 19.4. The Labute approximate surface area is 163 Å². The quantitative estimate of drug-likeness (QED) is 0.777. The summed E-state index contributed by atoms with van der Waals surface area (Å²) in [6.07, 6.45) is 2.19. The summed E-state index contributed by atoms with van der Waals surface area (Å²) < 4.78 is 7.09. The Morgan fingerprint density at radius 2 is 2.32 bits per heavy atom. The number of nitrogens with one attached hydrogen (secondary N) is 1. The maximum Gasteiger partial charge on any atom is 0.254 e. The summed E-state index contributed by atoms with van der Waals surface area (Å²) >= 11 is 0. The Morgan fingerprint density at radius 1 is 1.54 bits per heavy atom. The molecule has 2 heterocycles. The van der Waals surface area contributed by atoms with Gasteiger partial charge in [0.2, 0.25) is 6.04 Å². The van der Waals surface area contributed by atoms with E-state index in [1.54, 1.807) is 23.0 Å². The zero-order chi connectivity index (χ0) is 20.3. The molecule has 0 spiro atoms. The predicted molar refractivity (Wildman–Crippen MR) is 104 cm³/mol. The third-order valence-corrected chi connectivity index (χ3v) is 4.85. The number of nitrogens with two attached hydrogens (primary N) is 1. The van der Waals surface area contributed by atoms with Crippen LogP contribution in [-0.2, 0) is 4.74 Å². The number of benzene rings is 1. The summed E-state index contributed by atoms with van der Waals surface area (Å²) in [5.74, 6) is -0.118. The van der Waals surface area contributed by atoms with E-state index in [1.807, 2.05) is 19.9 Å². The molecule has 2 atom stereocenters. The van der Waals surface area contributed by atoms with Gasteiger partial charge in [0.25, 0.3) is 5.91 Å². The molecule has 0 unspecified atom stereocenters. The number of ether oxygens (including phenoxy) is 1. The molecule has 1 aliphatic heterocycles. The SMILES string of the molecule is [C-]#[N+][C@H]1CCOC[C@@H]1n1cc(C(N)=O)c(Nc2ccc(C#N)c(C(C)C)c2)n1. The highest BCUT2D eigenvalue weighted by atomic mass is 16.5. The third-order valence-electron chi connectivity index (χ3n) is 4.85. The summed E-state index contributed by atoms with van der Waals surface area (Å²) in [4.78, 5) is 15.6. The summed E-state index contributed by atoms with van der Waals surface area (Å²) in [6, 6.07) is 7.04. The maximum atomic E-state index is 11.9. The molecule has 8 nitrogen and oxygen atoms in total. The molecule has 28 heavy (non-hydrogen) atoms. The van der Waals surface area contributed by atoms with Gasteiger partial charge in [-0.15, -0.1) is 0 Å². The lowest BCUT2D eigenvalue weighted by Gasteiger charge is -2.23. The van der Waals surface area contributed by atoms with E-state index in [1.165, 1.54) is 0 Å². The minimum Gasteiger partial charge on any atom is -0.379 e. The summed E-state index contributed by atoms with van der Waals surface area (Å²) in [7, 11) is 0. The lowest BCUT2D eigenvalue weighted by molar-refractivity contribution is 0.0506. The van der Waals surface area contributed by atoms with Crippen molar-refractivity contribution in [3.63, 3.8) is 0 Å². The van der Waals surface area contributed by atoms with Gasteiger partial charge < -0.3 is 20.6 Å². The second-order valence-corrected chi connectivity index (χ2v) is 7.06. The number of aromatic nitrogens is 2. The van der Waals surface area contributed by atoms with Crippen molar-refractivity contribution in [2.75, 3.05) is 18.5 Å². The predicted octanol–water partition coefficient (Wildman–Crippen LogP) is 2.97. The van der Waals surface area contributed by atoms with E-state index in [2.05, 4.69) is 21.3 Å². The standard InChI is InChI=1S/C20H22N6O2/c1-12(2)15-8-14(5-4-13(15)9-21)24-20-16(19(22)27)10-26(25-20)18-11-28-7-6-17(18)23-3/h4-5,8,10,12,17-18H,6-7,11H2,1-2H3,(H2,22,27)(H,24,25)/t17-,18-/m0/s1. The molecule has 1 saturated heterocycles. The molecule has 3 rings (SSSR count). The molecule has 1 amide bonds.